The Labute approximate surface area is 146 Å². The van der Waals surface area contributed by atoms with E-state index in [4.69, 9.17) is 13.9 Å². The molecule has 1 N–H and O–H groups in total. The van der Waals surface area contributed by atoms with Crippen molar-refractivity contribution in [2.45, 2.75) is 0 Å². The lowest BCUT2D eigenvalue weighted by atomic mass is 10.2. The summed E-state index contributed by atoms with van der Waals surface area (Å²) in [7, 11) is 2.98. The predicted octanol–water partition coefficient (Wildman–Crippen LogP) is 3.28. The first-order valence-corrected chi connectivity index (χ1v) is 7.34. The van der Waals surface area contributed by atoms with Crippen molar-refractivity contribution in [3.8, 4) is 23.0 Å². The number of halogens is 2. The van der Waals surface area contributed by atoms with Gasteiger partial charge in [0.1, 0.15) is 23.1 Å². The van der Waals surface area contributed by atoms with Gasteiger partial charge in [-0.2, -0.15) is 0 Å². The molecule has 26 heavy (non-hydrogen) atoms. The summed E-state index contributed by atoms with van der Waals surface area (Å²) in [5, 5.41) is 9.79. The minimum atomic E-state index is -1.00. The van der Waals surface area contributed by atoms with E-state index in [1.807, 2.05) is 0 Å². The summed E-state index contributed by atoms with van der Waals surface area (Å²) >= 11 is 0. The summed E-state index contributed by atoms with van der Waals surface area (Å²) in [6.07, 6.45) is 0. The molecule has 1 amide bonds. The summed E-state index contributed by atoms with van der Waals surface area (Å²) in [5.74, 6) is -1.58. The fourth-order valence-corrected chi connectivity index (χ4v) is 2.20. The second-order valence-electron chi connectivity index (χ2n) is 5.06. The Morgan fingerprint density at radius 1 is 1.08 bits per heavy atom. The number of hydrogen-bond acceptors (Lipinski definition) is 6. The molecule has 1 heterocycles. The topological polar surface area (TPSA) is 86.5 Å². The molecule has 0 aliphatic rings. The zero-order chi connectivity index (χ0) is 18.7. The van der Waals surface area contributed by atoms with Crippen molar-refractivity contribution in [3.05, 3.63) is 53.6 Å². The average Bonchev–Trinajstić information content (AvgIpc) is 3.09. The number of nitrogens with one attached hydrogen (secondary N) is 1. The van der Waals surface area contributed by atoms with E-state index in [2.05, 4.69) is 15.5 Å². The highest BCUT2D eigenvalue weighted by molar-refractivity contribution is 6.03. The minimum absolute atomic E-state index is 0.0654. The van der Waals surface area contributed by atoms with Crippen molar-refractivity contribution in [3.63, 3.8) is 0 Å². The molecule has 0 aliphatic carbocycles. The molecule has 0 atom stereocenters. The minimum Gasteiger partial charge on any atom is -0.497 e. The number of benzene rings is 2. The first-order valence-electron chi connectivity index (χ1n) is 7.34. The van der Waals surface area contributed by atoms with Crippen LogP contribution < -0.4 is 14.8 Å². The van der Waals surface area contributed by atoms with E-state index in [0.29, 0.717) is 23.1 Å². The van der Waals surface area contributed by atoms with Crippen molar-refractivity contribution in [2.75, 3.05) is 19.5 Å². The molecule has 0 spiro atoms. The third kappa shape index (κ3) is 3.46. The molecule has 2 aromatic carbocycles. The normalized spacial score (nSPS) is 10.5. The molecule has 3 rings (SSSR count). The number of aromatic nitrogens is 2. The highest BCUT2D eigenvalue weighted by Crippen LogP contribution is 2.33. The molecule has 0 radical (unpaired) electrons. The number of nitrogens with zero attached hydrogens (tertiary/aromatic N) is 2. The first kappa shape index (κ1) is 17.3. The Kier molecular flexibility index (Phi) is 4.78. The van der Waals surface area contributed by atoms with Crippen molar-refractivity contribution < 1.29 is 27.5 Å². The molecule has 0 unspecified atom stereocenters. The molecule has 1 aromatic heterocycles. The lowest BCUT2D eigenvalue weighted by molar-refractivity contribution is 0.102. The number of rotatable bonds is 5. The second kappa shape index (κ2) is 7.18. The van der Waals surface area contributed by atoms with Gasteiger partial charge in [-0.3, -0.25) is 10.1 Å². The van der Waals surface area contributed by atoms with Gasteiger partial charge in [0.2, 0.25) is 0 Å². The van der Waals surface area contributed by atoms with Crippen molar-refractivity contribution in [2.24, 2.45) is 0 Å². The van der Waals surface area contributed by atoms with Gasteiger partial charge in [-0.05, 0) is 30.3 Å². The van der Waals surface area contributed by atoms with Gasteiger partial charge in [-0.1, -0.05) is 5.10 Å². The number of methoxy groups -OCH3 is 2. The Balaban J connectivity index is 1.85. The maximum atomic E-state index is 13.7. The third-order valence-corrected chi connectivity index (χ3v) is 3.46. The molecule has 0 saturated heterocycles. The molecular weight excluding hydrogens is 348 g/mol. The number of ether oxygens (including phenoxy) is 2. The summed E-state index contributed by atoms with van der Waals surface area (Å²) in [6, 6.07) is 7.31. The molecule has 3 aromatic rings. The molecule has 134 valence electrons. The molecule has 9 heteroatoms. The van der Waals surface area contributed by atoms with E-state index in [9.17, 15) is 13.6 Å². The maximum absolute atomic E-state index is 13.7. The van der Waals surface area contributed by atoms with Crippen molar-refractivity contribution >= 4 is 11.9 Å². The molecular formula is C17H13F2N3O4. The summed E-state index contributed by atoms with van der Waals surface area (Å²) in [5.41, 5.74) is 0.0953. The van der Waals surface area contributed by atoms with Gasteiger partial charge in [0.25, 0.3) is 11.8 Å². The standard InChI is InChI=1S/C17H13F2N3O4/c1-24-10-4-6-14(25-2)12(8-10)16-21-22-17(26-16)20-15(23)11-5-3-9(18)7-13(11)19/h3-8H,1-2H3,(H,20,22,23). The van der Waals surface area contributed by atoms with E-state index < -0.39 is 17.5 Å². The average molecular weight is 361 g/mol. The zero-order valence-electron chi connectivity index (χ0n) is 13.7. The zero-order valence-corrected chi connectivity index (χ0v) is 13.7. The Morgan fingerprint density at radius 3 is 2.58 bits per heavy atom. The largest absolute Gasteiger partial charge is 0.497 e. The summed E-state index contributed by atoms with van der Waals surface area (Å²) in [6.45, 7) is 0. The van der Waals surface area contributed by atoms with Gasteiger partial charge in [0.15, 0.2) is 0 Å². The maximum Gasteiger partial charge on any atom is 0.322 e. The fourth-order valence-electron chi connectivity index (χ4n) is 2.20. The van der Waals surface area contributed by atoms with Gasteiger partial charge >= 0.3 is 6.01 Å². The van der Waals surface area contributed by atoms with Crippen LogP contribution >= 0.6 is 0 Å². The molecule has 0 saturated carbocycles. The smallest absolute Gasteiger partial charge is 0.322 e. The molecule has 0 aliphatic heterocycles. The Bertz CT molecular complexity index is 959. The monoisotopic (exact) mass is 361 g/mol. The quantitative estimate of drug-likeness (QED) is 0.750. The van der Waals surface area contributed by atoms with E-state index >= 15 is 0 Å². The Morgan fingerprint density at radius 2 is 1.88 bits per heavy atom. The van der Waals surface area contributed by atoms with Crippen LogP contribution in [0.25, 0.3) is 11.5 Å². The van der Waals surface area contributed by atoms with Gasteiger partial charge in [-0.25, -0.2) is 8.78 Å². The van der Waals surface area contributed by atoms with E-state index in [1.165, 1.54) is 14.2 Å². The van der Waals surface area contributed by atoms with Gasteiger partial charge in [-0.15, -0.1) is 5.10 Å². The van der Waals surface area contributed by atoms with Crippen LogP contribution in [0.4, 0.5) is 14.8 Å². The summed E-state index contributed by atoms with van der Waals surface area (Å²) in [4.78, 5) is 12.1. The number of carbonyl (C=O) groups excluding carboxylic acids is 1. The van der Waals surface area contributed by atoms with E-state index in [-0.39, 0.29) is 17.5 Å². The predicted molar refractivity (Wildman–Crippen MR) is 87.1 cm³/mol. The van der Waals surface area contributed by atoms with E-state index in [0.717, 1.165) is 12.1 Å². The lowest BCUT2D eigenvalue weighted by Gasteiger charge is -2.07. The first-order chi connectivity index (χ1) is 12.5. The van der Waals surface area contributed by atoms with Crippen LogP contribution in [0.5, 0.6) is 11.5 Å². The van der Waals surface area contributed by atoms with Crippen LogP contribution in [0.2, 0.25) is 0 Å². The van der Waals surface area contributed by atoms with Gasteiger partial charge in [0, 0.05) is 6.07 Å². The second-order valence-corrected chi connectivity index (χ2v) is 5.06. The van der Waals surface area contributed by atoms with Crippen LogP contribution in [0.15, 0.2) is 40.8 Å². The van der Waals surface area contributed by atoms with Crippen LogP contribution in [0.3, 0.4) is 0 Å². The van der Waals surface area contributed by atoms with Crippen LogP contribution in [0.1, 0.15) is 10.4 Å². The van der Waals surface area contributed by atoms with Crippen LogP contribution in [0, 0.1) is 11.6 Å². The van der Waals surface area contributed by atoms with Crippen LogP contribution in [-0.2, 0) is 0 Å². The fraction of sp³-hybridized carbons (Fsp3) is 0.118. The van der Waals surface area contributed by atoms with E-state index in [1.54, 1.807) is 18.2 Å². The van der Waals surface area contributed by atoms with Crippen molar-refractivity contribution in [1.29, 1.82) is 0 Å². The molecule has 7 nitrogen and oxygen atoms in total. The molecule has 0 bridgehead atoms. The molecule has 0 fully saturated rings. The van der Waals surface area contributed by atoms with Crippen molar-refractivity contribution in [1.82, 2.24) is 10.2 Å². The lowest BCUT2D eigenvalue weighted by Crippen LogP contribution is -2.14. The summed E-state index contributed by atoms with van der Waals surface area (Å²) < 4.78 is 42.3. The Hall–Kier alpha value is -3.49. The van der Waals surface area contributed by atoms with Crippen LogP contribution in [-0.4, -0.2) is 30.3 Å². The number of amides is 1. The number of carbonyl (C=O) groups is 1. The SMILES string of the molecule is COc1ccc(OC)c(-c2nnc(NC(=O)c3ccc(F)cc3F)o2)c1. The number of hydrogen-bond donors (Lipinski definition) is 1. The van der Waals surface area contributed by atoms with Gasteiger partial charge < -0.3 is 13.9 Å². The highest BCUT2D eigenvalue weighted by Gasteiger charge is 2.18. The number of anilines is 1. The third-order valence-electron chi connectivity index (χ3n) is 3.46. The van der Waals surface area contributed by atoms with Gasteiger partial charge in [0.05, 0.1) is 25.3 Å². The highest BCUT2D eigenvalue weighted by atomic mass is 19.1.